The molecule has 17 unspecified atom stereocenters. The minimum atomic E-state index is -1.98. The Balaban J connectivity index is 1.33. The van der Waals surface area contributed by atoms with E-state index in [0.717, 1.165) is 116 Å². The molecule has 0 aromatic rings. The molecule has 19 heteroatoms. The van der Waals surface area contributed by atoms with Crippen molar-refractivity contribution in [3.8, 4) is 0 Å². The molecule has 0 aliphatic carbocycles. The molecule has 0 radical (unpaired) electrons. The minimum Gasteiger partial charge on any atom is -0.394 e. The third-order valence-electron chi connectivity index (χ3n) is 21.0. The molecule has 0 bridgehead atoms. The van der Waals surface area contributed by atoms with Crippen molar-refractivity contribution in [3.05, 3.63) is 122 Å². The second kappa shape index (κ2) is 69.5. The van der Waals surface area contributed by atoms with Crippen molar-refractivity contribution < 1.29 is 89.4 Å². The zero-order valence-electron chi connectivity index (χ0n) is 68.2. The van der Waals surface area contributed by atoms with Gasteiger partial charge in [0.2, 0.25) is 5.91 Å². The van der Waals surface area contributed by atoms with Crippen LogP contribution < -0.4 is 5.32 Å². The summed E-state index contributed by atoms with van der Waals surface area (Å²) in [5, 5.41) is 121. The van der Waals surface area contributed by atoms with Crippen LogP contribution in [0, 0.1) is 0 Å². The van der Waals surface area contributed by atoms with Gasteiger partial charge in [0.1, 0.15) is 73.2 Å². The molecule has 0 spiro atoms. The molecule has 3 aliphatic rings. The normalized spacial score (nSPS) is 25.8. The van der Waals surface area contributed by atoms with Crippen LogP contribution in [0.4, 0.5) is 0 Å². The quantitative estimate of drug-likeness (QED) is 0.0199. The topological polar surface area (TPSA) is 307 Å². The first-order chi connectivity index (χ1) is 53.8. The third-order valence-corrected chi connectivity index (χ3v) is 21.0. The van der Waals surface area contributed by atoms with Crippen molar-refractivity contribution in [2.45, 2.75) is 420 Å². The van der Waals surface area contributed by atoms with Gasteiger partial charge in [-0.2, -0.15) is 0 Å². The van der Waals surface area contributed by atoms with Crippen LogP contribution in [-0.4, -0.2) is 193 Å². The Morgan fingerprint density at radius 1 is 0.336 bits per heavy atom. The van der Waals surface area contributed by atoms with E-state index >= 15 is 0 Å². The highest BCUT2D eigenvalue weighted by molar-refractivity contribution is 5.76. The SMILES string of the molecule is CC/C=C\C/C=C\C/C=C\C/C=C\C/C=C\C/C=C\C/C=C\C/C=C\C/C=C\CCCCCCCCCCCCCCCC(=O)NC(COC1OC(CO)C(OC2OC(CO)C(OC3OC(CO)C(O)C(O)C3O)C(O)C2O)C(O)C1O)C(O)/C=C/CCCCCCCCCCCCCCCCCCCCCCCC. The van der Waals surface area contributed by atoms with Gasteiger partial charge in [0.25, 0.3) is 0 Å². The van der Waals surface area contributed by atoms with Gasteiger partial charge >= 0.3 is 0 Å². The van der Waals surface area contributed by atoms with Crippen molar-refractivity contribution in [1.29, 1.82) is 0 Å². The molecule has 3 fully saturated rings. The highest BCUT2D eigenvalue weighted by Crippen LogP contribution is 2.33. The van der Waals surface area contributed by atoms with Crippen LogP contribution in [0.5, 0.6) is 0 Å². The van der Waals surface area contributed by atoms with E-state index < -0.39 is 124 Å². The van der Waals surface area contributed by atoms with Gasteiger partial charge in [-0.15, -0.1) is 0 Å². The van der Waals surface area contributed by atoms with E-state index in [1.165, 1.54) is 173 Å². The number of hydrogen-bond donors (Lipinski definition) is 12. The maximum Gasteiger partial charge on any atom is 0.220 e. The highest BCUT2D eigenvalue weighted by Gasteiger charge is 2.54. The summed E-state index contributed by atoms with van der Waals surface area (Å²) in [6, 6.07) is -0.982. The first kappa shape index (κ1) is 100. The predicted octanol–water partition coefficient (Wildman–Crippen LogP) is 16.2. The predicted molar refractivity (Wildman–Crippen MR) is 443 cm³/mol. The first-order valence-corrected chi connectivity index (χ1v) is 43.8. The number of nitrogens with one attached hydrogen (secondary N) is 1. The number of allylic oxidation sites excluding steroid dienone is 19. The van der Waals surface area contributed by atoms with E-state index in [4.69, 9.17) is 28.4 Å². The molecule has 3 aliphatic heterocycles. The van der Waals surface area contributed by atoms with E-state index in [-0.39, 0.29) is 18.9 Å². The Morgan fingerprint density at radius 2 is 0.627 bits per heavy atom. The molecule has 3 saturated heterocycles. The Hall–Kier alpha value is -3.81. The van der Waals surface area contributed by atoms with Crippen molar-refractivity contribution in [1.82, 2.24) is 5.32 Å². The van der Waals surface area contributed by atoms with E-state index in [1.807, 2.05) is 6.08 Å². The summed E-state index contributed by atoms with van der Waals surface area (Å²) in [6.07, 6.45) is 71.8. The number of aliphatic hydroxyl groups is 11. The Morgan fingerprint density at radius 3 is 0.982 bits per heavy atom. The van der Waals surface area contributed by atoms with Crippen molar-refractivity contribution in [3.63, 3.8) is 0 Å². The first-order valence-electron chi connectivity index (χ1n) is 43.8. The number of carbonyl (C=O) groups is 1. The Labute approximate surface area is 665 Å². The molecule has 19 nitrogen and oxygen atoms in total. The number of amides is 1. The molecule has 0 aromatic heterocycles. The minimum absolute atomic E-state index is 0.236. The summed E-state index contributed by atoms with van der Waals surface area (Å²) in [4.78, 5) is 13.5. The summed E-state index contributed by atoms with van der Waals surface area (Å²) >= 11 is 0. The maximum absolute atomic E-state index is 13.5. The van der Waals surface area contributed by atoms with Crippen LogP contribution in [0.15, 0.2) is 122 Å². The summed E-state index contributed by atoms with van der Waals surface area (Å²) in [6.45, 7) is 1.65. The number of carbonyl (C=O) groups excluding carboxylic acids is 1. The lowest BCUT2D eigenvalue weighted by atomic mass is 9.96. The lowest BCUT2D eigenvalue weighted by Gasteiger charge is -2.48. The van der Waals surface area contributed by atoms with Crippen LogP contribution in [0.1, 0.15) is 316 Å². The van der Waals surface area contributed by atoms with Gasteiger partial charge in [-0.05, 0) is 89.9 Å². The van der Waals surface area contributed by atoms with Gasteiger partial charge in [0, 0.05) is 6.42 Å². The molecule has 17 atom stereocenters. The molecule has 1 amide bonds. The Kier molecular flexibility index (Phi) is 63.4. The van der Waals surface area contributed by atoms with Gasteiger partial charge in [0.05, 0.1) is 38.6 Å². The highest BCUT2D eigenvalue weighted by atomic mass is 16.8. The van der Waals surface area contributed by atoms with Crippen LogP contribution >= 0.6 is 0 Å². The van der Waals surface area contributed by atoms with Gasteiger partial charge in [0.15, 0.2) is 18.9 Å². The second-order valence-electron chi connectivity index (χ2n) is 30.6. The lowest BCUT2D eigenvalue weighted by molar-refractivity contribution is -0.379. The largest absolute Gasteiger partial charge is 0.394 e. The zero-order valence-corrected chi connectivity index (χ0v) is 68.2. The monoisotopic (exact) mass is 1550 g/mol. The fourth-order valence-electron chi connectivity index (χ4n) is 14.1. The molecule has 0 aromatic carbocycles. The van der Waals surface area contributed by atoms with E-state index in [2.05, 4.69) is 129 Å². The molecular formula is C91H157NO18. The van der Waals surface area contributed by atoms with Gasteiger partial charge < -0.3 is 89.9 Å². The molecular weight excluding hydrogens is 1390 g/mol. The van der Waals surface area contributed by atoms with Crippen LogP contribution in [0.2, 0.25) is 0 Å². The number of aliphatic hydroxyl groups excluding tert-OH is 11. The summed E-state index contributed by atoms with van der Waals surface area (Å²) in [7, 11) is 0. The van der Waals surface area contributed by atoms with Gasteiger partial charge in [-0.1, -0.05) is 341 Å². The number of rotatable bonds is 69. The van der Waals surface area contributed by atoms with Gasteiger partial charge in [-0.3, -0.25) is 4.79 Å². The van der Waals surface area contributed by atoms with Crippen molar-refractivity contribution in [2.75, 3.05) is 26.4 Å². The average Bonchev–Trinajstić information content (AvgIpc) is 0.782. The molecule has 634 valence electrons. The number of ether oxygens (including phenoxy) is 6. The zero-order chi connectivity index (χ0) is 79.5. The van der Waals surface area contributed by atoms with Crippen LogP contribution in [0.25, 0.3) is 0 Å². The molecule has 3 heterocycles. The van der Waals surface area contributed by atoms with E-state index in [9.17, 15) is 61.0 Å². The van der Waals surface area contributed by atoms with Crippen molar-refractivity contribution in [2.24, 2.45) is 0 Å². The van der Waals surface area contributed by atoms with Crippen LogP contribution in [0.3, 0.4) is 0 Å². The van der Waals surface area contributed by atoms with E-state index in [1.54, 1.807) is 6.08 Å². The molecule has 0 saturated carbocycles. The molecule has 110 heavy (non-hydrogen) atoms. The van der Waals surface area contributed by atoms with Crippen molar-refractivity contribution >= 4 is 5.91 Å². The van der Waals surface area contributed by atoms with E-state index in [0.29, 0.717) is 6.42 Å². The maximum atomic E-state index is 13.5. The summed E-state index contributed by atoms with van der Waals surface area (Å²) in [5.74, 6) is -0.277. The summed E-state index contributed by atoms with van der Waals surface area (Å²) < 4.78 is 34.5. The lowest BCUT2D eigenvalue weighted by Crippen LogP contribution is -2.66. The second-order valence-corrected chi connectivity index (χ2v) is 30.6. The average molecular weight is 1550 g/mol. The fraction of sp³-hybridized carbons (Fsp3) is 0.769. The number of unbranched alkanes of at least 4 members (excludes halogenated alkanes) is 35. The molecule has 12 N–H and O–H groups in total. The fourth-order valence-corrected chi connectivity index (χ4v) is 14.1. The standard InChI is InChI=1S/C91H157NO18/c1-3-5-7-9-11-13-15-17-19-21-23-25-27-29-30-31-32-33-34-35-36-37-38-39-40-41-42-43-44-45-47-49-51-53-55-57-59-61-63-65-67-69-79(97)92-74(75(96)68-66-64-62-60-58-56-54-52-50-48-46-28-26-24-22-20-18-16-14-12-10-8-6-4-2)73-105-89-85(103)82(100)87(77(71-94)107-89)110-91-86(104)83(101)88(78(72-95)108-91)109-90-84(102)81(99)80(98)76(70-93)106-90/h5,7,11,13,17,19,23,25,29-30,32-33,35-36,38-39,41-42,66,68,74-78,80-91,93-96,98-104H,3-4,6,8-10,12,14-16,18,20-22,24,26-28,31,34,37,40,43-65,67,69-73H2,1-2H3,(H,92,97)/b7-5-,13-11-,19-17-,25-23-,30-29-,33-32-,36-35-,39-38-,42-41-,68-66+. The Bertz CT molecular complexity index is 2460. The smallest absolute Gasteiger partial charge is 0.220 e. The van der Waals surface area contributed by atoms with Gasteiger partial charge in [-0.25, -0.2) is 0 Å². The summed E-state index contributed by atoms with van der Waals surface area (Å²) in [5.41, 5.74) is 0. The third kappa shape index (κ3) is 47.9. The number of hydrogen-bond acceptors (Lipinski definition) is 18. The van der Waals surface area contributed by atoms with Crippen LogP contribution in [-0.2, 0) is 33.2 Å². The molecule has 3 rings (SSSR count).